The van der Waals surface area contributed by atoms with Crippen molar-refractivity contribution in [2.75, 3.05) is 7.11 Å². The Hall–Kier alpha value is -3.92. The highest BCUT2D eigenvalue weighted by Gasteiger charge is 2.06. The molecular weight excluding hydrogens is 360 g/mol. The van der Waals surface area contributed by atoms with Crippen molar-refractivity contribution in [2.24, 2.45) is 5.10 Å². The fraction of sp³-hybridized carbons (Fsp3) is 0.0400. The van der Waals surface area contributed by atoms with Crippen LogP contribution < -0.4 is 10.2 Å². The quantitative estimate of drug-likeness (QED) is 0.378. The molecule has 0 aliphatic carbocycles. The highest BCUT2D eigenvalue weighted by atomic mass is 16.5. The van der Waals surface area contributed by atoms with Gasteiger partial charge in [0.1, 0.15) is 5.75 Å². The van der Waals surface area contributed by atoms with E-state index in [4.69, 9.17) is 4.74 Å². The van der Waals surface area contributed by atoms with E-state index in [2.05, 4.69) is 10.5 Å². The normalized spacial score (nSPS) is 10.9. The average Bonchev–Trinajstić information content (AvgIpc) is 2.80. The molecule has 0 fully saturated rings. The SMILES string of the molecule is COc1ccc(C=NNC(=O)c2ccc(-c3ccccc3)cc2)c2ccccc12. The number of nitrogens with one attached hydrogen (secondary N) is 1. The molecule has 142 valence electrons. The lowest BCUT2D eigenvalue weighted by Gasteiger charge is -2.07. The van der Waals surface area contributed by atoms with Crippen molar-refractivity contribution in [3.05, 3.63) is 102 Å². The van der Waals surface area contributed by atoms with Crippen molar-refractivity contribution in [3.8, 4) is 16.9 Å². The molecule has 4 aromatic rings. The van der Waals surface area contributed by atoms with Crippen LogP contribution in [0.3, 0.4) is 0 Å². The third-order valence-corrected chi connectivity index (χ3v) is 4.76. The van der Waals surface area contributed by atoms with Gasteiger partial charge in [-0.2, -0.15) is 5.10 Å². The molecule has 1 N–H and O–H groups in total. The number of nitrogens with zero attached hydrogens (tertiary/aromatic N) is 1. The summed E-state index contributed by atoms with van der Waals surface area (Å²) in [7, 11) is 1.65. The first-order valence-electron chi connectivity index (χ1n) is 9.31. The highest BCUT2D eigenvalue weighted by molar-refractivity contribution is 6.03. The fourth-order valence-electron chi connectivity index (χ4n) is 3.25. The molecule has 4 aromatic carbocycles. The largest absolute Gasteiger partial charge is 0.496 e. The van der Waals surface area contributed by atoms with Gasteiger partial charge in [0.2, 0.25) is 0 Å². The highest BCUT2D eigenvalue weighted by Crippen LogP contribution is 2.27. The van der Waals surface area contributed by atoms with Gasteiger partial charge in [-0.15, -0.1) is 0 Å². The first-order chi connectivity index (χ1) is 14.3. The average molecular weight is 380 g/mol. The van der Waals surface area contributed by atoms with Crippen molar-refractivity contribution < 1.29 is 9.53 Å². The van der Waals surface area contributed by atoms with Crippen LogP contribution in [0.15, 0.2) is 96.1 Å². The number of amides is 1. The molecule has 4 heteroatoms. The lowest BCUT2D eigenvalue weighted by Crippen LogP contribution is -2.17. The van der Waals surface area contributed by atoms with Crippen LogP contribution in [-0.4, -0.2) is 19.2 Å². The Kier molecular flexibility index (Phi) is 5.34. The summed E-state index contributed by atoms with van der Waals surface area (Å²) >= 11 is 0. The van der Waals surface area contributed by atoms with E-state index in [0.717, 1.165) is 33.2 Å². The number of carbonyl (C=O) groups excluding carboxylic acids is 1. The molecule has 0 aromatic heterocycles. The van der Waals surface area contributed by atoms with E-state index < -0.39 is 0 Å². The standard InChI is InChI=1S/C25H20N2O2/c1-29-24-16-15-21(22-9-5-6-10-23(22)24)17-26-27-25(28)20-13-11-19(12-14-20)18-7-3-2-4-8-18/h2-17H,1H3,(H,27,28). The van der Waals surface area contributed by atoms with E-state index in [0.29, 0.717) is 5.56 Å². The van der Waals surface area contributed by atoms with Crippen LogP contribution in [0, 0.1) is 0 Å². The molecule has 0 radical (unpaired) electrons. The molecule has 0 unspecified atom stereocenters. The number of hydrogen-bond donors (Lipinski definition) is 1. The monoisotopic (exact) mass is 380 g/mol. The molecule has 1 amide bonds. The van der Waals surface area contributed by atoms with Crippen LogP contribution in [-0.2, 0) is 0 Å². The lowest BCUT2D eigenvalue weighted by atomic mass is 10.0. The predicted octanol–water partition coefficient (Wildman–Crippen LogP) is 5.28. The lowest BCUT2D eigenvalue weighted by molar-refractivity contribution is 0.0955. The van der Waals surface area contributed by atoms with Gasteiger partial charge in [-0.05, 0) is 40.8 Å². The number of benzene rings is 4. The number of carbonyl (C=O) groups is 1. The minimum Gasteiger partial charge on any atom is -0.496 e. The Labute approximate surface area is 169 Å². The van der Waals surface area contributed by atoms with Gasteiger partial charge in [0.15, 0.2) is 0 Å². The van der Waals surface area contributed by atoms with Gasteiger partial charge in [0.05, 0.1) is 13.3 Å². The molecule has 0 saturated heterocycles. The summed E-state index contributed by atoms with van der Waals surface area (Å²) in [6, 6.07) is 29.3. The molecule has 0 aliphatic rings. The van der Waals surface area contributed by atoms with E-state index in [1.54, 1.807) is 25.5 Å². The maximum atomic E-state index is 12.4. The predicted molar refractivity (Wildman–Crippen MR) is 117 cm³/mol. The van der Waals surface area contributed by atoms with E-state index in [1.807, 2.05) is 78.9 Å². The molecule has 4 rings (SSSR count). The van der Waals surface area contributed by atoms with Crippen molar-refractivity contribution in [1.29, 1.82) is 0 Å². The second-order valence-electron chi connectivity index (χ2n) is 6.55. The Morgan fingerprint density at radius 1 is 0.793 bits per heavy atom. The van der Waals surface area contributed by atoms with Crippen LogP contribution in [0.1, 0.15) is 15.9 Å². The maximum Gasteiger partial charge on any atom is 0.271 e. The summed E-state index contributed by atoms with van der Waals surface area (Å²) in [5.41, 5.74) is 6.24. The molecule has 0 heterocycles. The molecular formula is C25H20N2O2. The Bertz CT molecular complexity index is 1170. The molecule has 0 aliphatic heterocycles. The number of hydrogen-bond acceptors (Lipinski definition) is 3. The molecule has 0 atom stereocenters. The summed E-state index contributed by atoms with van der Waals surface area (Å²) in [6.07, 6.45) is 1.65. The Morgan fingerprint density at radius 2 is 1.45 bits per heavy atom. The Balaban J connectivity index is 1.49. The van der Waals surface area contributed by atoms with E-state index >= 15 is 0 Å². The van der Waals surface area contributed by atoms with Gasteiger partial charge in [-0.25, -0.2) is 5.43 Å². The minimum absolute atomic E-state index is 0.251. The van der Waals surface area contributed by atoms with E-state index in [-0.39, 0.29) is 5.91 Å². The first-order valence-corrected chi connectivity index (χ1v) is 9.31. The number of ether oxygens (including phenoxy) is 1. The summed E-state index contributed by atoms with van der Waals surface area (Å²) in [4.78, 5) is 12.4. The number of rotatable bonds is 5. The number of fused-ring (bicyclic) bond motifs is 1. The molecule has 4 nitrogen and oxygen atoms in total. The third-order valence-electron chi connectivity index (χ3n) is 4.76. The second kappa shape index (κ2) is 8.40. The second-order valence-corrected chi connectivity index (χ2v) is 6.55. The molecule has 29 heavy (non-hydrogen) atoms. The van der Waals surface area contributed by atoms with Crippen LogP contribution in [0.2, 0.25) is 0 Å². The van der Waals surface area contributed by atoms with Crippen molar-refractivity contribution in [1.82, 2.24) is 5.43 Å². The third kappa shape index (κ3) is 4.01. The smallest absolute Gasteiger partial charge is 0.271 e. The van der Waals surface area contributed by atoms with Crippen LogP contribution >= 0.6 is 0 Å². The molecule has 0 saturated carbocycles. The van der Waals surface area contributed by atoms with Crippen LogP contribution in [0.4, 0.5) is 0 Å². The van der Waals surface area contributed by atoms with Crippen LogP contribution in [0.5, 0.6) is 5.75 Å². The van der Waals surface area contributed by atoms with E-state index in [9.17, 15) is 4.79 Å². The Morgan fingerprint density at radius 3 is 2.17 bits per heavy atom. The molecule has 0 spiro atoms. The van der Waals surface area contributed by atoms with Crippen molar-refractivity contribution in [2.45, 2.75) is 0 Å². The minimum atomic E-state index is -0.251. The summed E-state index contributed by atoms with van der Waals surface area (Å²) in [5.74, 6) is 0.555. The van der Waals surface area contributed by atoms with Crippen LogP contribution in [0.25, 0.3) is 21.9 Å². The summed E-state index contributed by atoms with van der Waals surface area (Å²) in [5, 5.41) is 6.15. The first kappa shape index (κ1) is 18.4. The topological polar surface area (TPSA) is 50.7 Å². The number of methoxy groups -OCH3 is 1. The van der Waals surface area contributed by atoms with Gasteiger partial charge in [-0.3, -0.25) is 4.79 Å². The zero-order chi connectivity index (χ0) is 20.1. The zero-order valence-electron chi connectivity index (χ0n) is 16.0. The van der Waals surface area contributed by atoms with Gasteiger partial charge >= 0.3 is 0 Å². The van der Waals surface area contributed by atoms with Gasteiger partial charge < -0.3 is 4.74 Å². The maximum absolute atomic E-state index is 12.4. The van der Waals surface area contributed by atoms with Gasteiger partial charge in [0.25, 0.3) is 5.91 Å². The van der Waals surface area contributed by atoms with Crippen molar-refractivity contribution >= 4 is 22.9 Å². The number of hydrazone groups is 1. The summed E-state index contributed by atoms with van der Waals surface area (Å²) < 4.78 is 5.41. The summed E-state index contributed by atoms with van der Waals surface area (Å²) in [6.45, 7) is 0. The van der Waals surface area contributed by atoms with Gasteiger partial charge in [0, 0.05) is 16.5 Å². The molecule has 0 bridgehead atoms. The fourth-order valence-corrected chi connectivity index (χ4v) is 3.25. The van der Waals surface area contributed by atoms with Crippen molar-refractivity contribution in [3.63, 3.8) is 0 Å². The zero-order valence-corrected chi connectivity index (χ0v) is 16.0. The van der Waals surface area contributed by atoms with Gasteiger partial charge in [-0.1, -0.05) is 66.7 Å². The van der Waals surface area contributed by atoms with E-state index in [1.165, 1.54) is 0 Å².